The second-order valence-electron chi connectivity index (χ2n) is 10.2. The number of benzene rings is 2. The number of anilines is 1. The Balaban J connectivity index is 1.28. The maximum atomic E-state index is 13.3. The third-order valence-corrected chi connectivity index (χ3v) is 7.55. The van der Waals surface area contributed by atoms with E-state index in [9.17, 15) is 14.4 Å². The minimum atomic E-state index is -1.09. The van der Waals surface area contributed by atoms with Gasteiger partial charge in [-0.2, -0.15) is 0 Å². The Hall–Kier alpha value is -3.89. The van der Waals surface area contributed by atoms with Crippen LogP contribution in [0.15, 0.2) is 59.4 Å². The van der Waals surface area contributed by atoms with Crippen molar-refractivity contribution in [2.45, 2.75) is 45.4 Å². The number of rotatable bonds is 5. The summed E-state index contributed by atoms with van der Waals surface area (Å²) >= 11 is 0. The number of para-hydroxylation sites is 1. The molecule has 0 radical (unpaired) electrons. The van der Waals surface area contributed by atoms with E-state index >= 15 is 0 Å². The Morgan fingerprint density at radius 1 is 1.02 bits per heavy atom. The molecule has 2 aliphatic rings. The highest BCUT2D eigenvalue weighted by Crippen LogP contribution is 2.25. The molecule has 0 aliphatic carbocycles. The van der Waals surface area contributed by atoms with Gasteiger partial charge in [0.05, 0.1) is 30.7 Å². The van der Waals surface area contributed by atoms with Crippen molar-refractivity contribution in [2.75, 3.05) is 44.7 Å². The Morgan fingerprint density at radius 2 is 1.82 bits per heavy atom. The summed E-state index contributed by atoms with van der Waals surface area (Å²) in [6, 6.07) is 13.4. The summed E-state index contributed by atoms with van der Waals surface area (Å²) in [5, 5.41) is 5.93. The number of ether oxygens (including phenoxy) is 2. The Kier molecular flexibility index (Phi) is 8.37. The molecule has 212 valence electrons. The molecule has 3 aromatic rings. The topological polar surface area (TPSA) is 107 Å². The van der Waals surface area contributed by atoms with Crippen LogP contribution < -0.4 is 21.1 Å². The van der Waals surface area contributed by atoms with Crippen LogP contribution in [-0.4, -0.2) is 70.8 Å². The van der Waals surface area contributed by atoms with Gasteiger partial charge < -0.3 is 20.1 Å². The van der Waals surface area contributed by atoms with Gasteiger partial charge in [0.1, 0.15) is 12.4 Å². The number of imidazole rings is 1. The number of amides is 2. The molecule has 2 amide bonds. The molecule has 2 aromatic carbocycles. The number of carbonyl (C=O) groups excluding carboxylic acids is 2. The van der Waals surface area contributed by atoms with E-state index < -0.39 is 5.60 Å². The van der Waals surface area contributed by atoms with Crippen LogP contribution in [0.4, 0.5) is 5.69 Å². The van der Waals surface area contributed by atoms with Gasteiger partial charge in [0.25, 0.3) is 5.91 Å². The van der Waals surface area contributed by atoms with Crippen molar-refractivity contribution in [1.82, 2.24) is 19.4 Å². The number of hydrogen-bond acceptors (Lipinski definition) is 6. The number of morpholine rings is 1. The Bertz CT molecular complexity index is 1470. The van der Waals surface area contributed by atoms with Crippen molar-refractivity contribution in [3.63, 3.8) is 0 Å². The number of nitrogens with one attached hydrogen (secondary N) is 2. The second kappa shape index (κ2) is 12.1. The quantitative estimate of drug-likeness (QED) is 0.476. The van der Waals surface area contributed by atoms with Crippen molar-refractivity contribution in [3.05, 3.63) is 70.7 Å². The van der Waals surface area contributed by atoms with E-state index in [4.69, 9.17) is 9.47 Å². The Morgan fingerprint density at radius 3 is 2.65 bits per heavy atom. The first-order chi connectivity index (χ1) is 19.4. The number of hydrogen-bond donors (Lipinski definition) is 2. The molecule has 10 heteroatoms. The number of carbonyl (C=O) groups is 2. The number of nitrogens with zero attached hydrogens (tertiary/aromatic N) is 3. The third kappa shape index (κ3) is 5.68. The van der Waals surface area contributed by atoms with Gasteiger partial charge in [-0.25, -0.2) is 4.79 Å². The normalized spacial score (nSPS) is 21.1. The first-order valence-electron chi connectivity index (χ1n) is 14.0. The smallest absolute Gasteiger partial charge is 0.329 e. The SMILES string of the molecule is CCn1c(=O)n(CC)c2cc(NC(=O)CN3CCOC4(C/C=C/Cc5ccccc5OCCNC4=O)C3)ccc21. The molecule has 1 atom stereocenters. The largest absolute Gasteiger partial charge is 0.491 e. The lowest BCUT2D eigenvalue weighted by Crippen LogP contribution is -2.60. The standard InChI is InChI=1S/C30H37N5O5/c1-3-34-24-13-12-23(19-25(24)35(4-2)29(34)38)32-27(36)20-33-16-18-40-30(21-33)14-8-7-10-22-9-5-6-11-26(22)39-17-15-31-28(30)37/h5-9,11-13,19H,3-4,10,14-18,20-21H2,1-2H3,(H,31,37)(H,32,36)/b8-7+. The number of fused-ring (bicyclic) bond motifs is 2. The molecule has 2 aliphatic heterocycles. The molecular weight excluding hydrogens is 510 g/mol. The lowest BCUT2D eigenvalue weighted by Gasteiger charge is -2.41. The zero-order valence-corrected chi connectivity index (χ0v) is 23.2. The van der Waals surface area contributed by atoms with Gasteiger partial charge in [-0.05, 0) is 50.1 Å². The molecule has 1 saturated heterocycles. The highest BCUT2D eigenvalue weighted by atomic mass is 16.5. The maximum absolute atomic E-state index is 13.3. The molecule has 10 nitrogen and oxygen atoms in total. The van der Waals surface area contributed by atoms with Gasteiger partial charge in [-0.3, -0.25) is 23.6 Å². The molecule has 2 N–H and O–H groups in total. The zero-order valence-electron chi connectivity index (χ0n) is 23.2. The van der Waals surface area contributed by atoms with E-state index in [2.05, 4.69) is 10.6 Å². The van der Waals surface area contributed by atoms with Gasteiger partial charge >= 0.3 is 5.69 Å². The highest BCUT2D eigenvalue weighted by Gasteiger charge is 2.43. The second-order valence-corrected chi connectivity index (χ2v) is 10.2. The van der Waals surface area contributed by atoms with Gasteiger partial charge in [0.15, 0.2) is 5.60 Å². The summed E-state index contributed by atoms with van der Waals surface area (Å²) in [7, 11) is 0. The number of aromatic nitrogens is 2. The summed E-state index contributed by atoms with van der Waals surface area (Å²) in [4.78, 5) is 41.0. The van der Waals surface area contributed by atoms with Gasteiger partial charge in [-0.15, -0.1) is 0 Å². The average Bonchev–Trinajstić information content (AvgIpc) is 3.22. The van der Waals surface area contributed by atoms with Crippen molar-refractivity contribution < 1.29 is 19.1 Å². The fourth-order valence-electron chi connectivity index (χ4n) is 5.54. The lowest BCUT2D eigenvalue weighted by molar-refractivity contribution is -0.160. The summed E-state index contributed by atoms with van der Waals surface area (Å²) in [6.07, 6.45) is 5.11. The van der Waals surface area contributed by atoms with E-state index in [0.29, 0.717) is 64.5 Å². The van der Waals surface area contributed by atoms with E-state index in [0.717, 1.165) is 22.3 Å². The van der Waals surface area contributed by atoms with Gasteiger partial charge in [0.2, 0.25) is 5.91 Å². The van der Waals surface area contributed by atoms with Crippen LogP contribution in [0.5, 0.6) is 5.75 Å². The van der Waals surface area contributed by atoms with Crippen LogP contribution in [0.25, 0.3) is 11.0 Å². The number of aryl methyl sites for hydroxylation is 2. The minimum Gasteiger partial charge on any atom is -0.491 e. The first kappa shape index (κ1) is 27.7. The van der Waals surface area contributed by atoms with E-state index in [-0.39, 0.29) is 24.0 Å². The minimum absolute atomic E-state index is 0.0535. The molecule has 1 spiro atoms. The van der Waals surface area contributed by atoms with Crippen molar-refractivity contribution in [3.8, 4) is 5.75 Å². The lowest BCUT2D eigenvalue weighted by atomic mass is 9.94. The predicted octanol–water partition coefficient (Wildman–Crippen LogP) is 2.55. The van der Waals surface area contributed by atoms with Gasteiger partial charge in [0, 0.05) is 38.3 Å². The van der Waals surface area contributed by atoms with E-state index in [1.165, 1.54) is 0 Å². The first-order valence-corrected chi connectivity index (χ1v) is 14.0. The van der Waals surface area contributed by atoms with Crippen LogP contribution in [0.3, 0.4) is 0 Å². The number of allylic oxidation sites excluding steroid dienone is 1. The summed E-state index contributed by atoms with van der Waals surface area (Å²) in [5.41, 5.74) is 2.21. The van der Waals surface area contributed by atoms with Gasteiger partial charge in [-0.1, -0.05) is 30.4 Å². The zero-order chi connectivity index (χ0) is 28.1. The Labute approximate surface area is 233 Å². The van der Waals surface area contributed by atoms with Crippen LogP contribution in [-0.2, 0) is 33.8 Å². The summed E-state index contributed by atoms with van der Waals surface area (Å²) in [5.74, 6) is 0.428. The van der Waals surface area contributed by atoms with Crippen molar-refractivity contribution in [2.24, 2.45) is 0 Å². The molecule has 5 rings (SSSR count). The van der Waals surface area contributed by atoms with Crippen LogP contribution in [0.1, 0.15) is 25.8 Å². The van der Waals surface area contributed by atoms with E-state index in [1.54, 1.807) is 9.13 Å². The third-order valence-electron chi connectivity index (χ3n) is 7.55. The molecule has 0 saturated carbocycles. The maximum Gasteiger partial charge on any atom is 0.329 e. The van der Waals surface area contributed by atoms with E-state index in [1.807, 2.05) is 73.4 Å². The van der Waals surface area contributed by atoms with Crippen LogP contribution in [0, 0.1) is 0 Å². The predicted molar refractivity (Wildman–Crippen MR) is 154 cm³/mol. The van der Waals surface area contributed by atoms with Crippen LogP contribution in [0.2, 0.25) is 0 Å². The average molecular weight is 548 g/mol. The molecule has 1 fully saturated rings. The monoisotopic (exact) mass is 547 g/mol. The summed E-state index contributed by atoms with van der Waals surface area (Å²) in [6.45, 7) is 7.00. The highest BCUT2D eigenvalue weighted by molar-refractivity contribution is 5.94. The van der Waals surface area contributed by atoms with Crippen molar-refractivity contribution >= 4 is 28.5 Å². The summed E-state index contributed by atoms with van der Waals surface area (Å²) < 4.78 is 15.4. The molecule has 3 heterocycles. The molecular formula is C30H37N5O5. The fourth-order valence-corrected chi connectivity index (χ4v) is 5.54. The van der Waals surface area contributed by atoms with Crippen LogP contribution >= 0.6 is 0 Å². The van der Waals surface area contributed by atoms with Crippen molar-refractivity contribution in [1.29, 1.82) is 0 Å². The fraction of sp³-hybridized carbons (Fsp3) is 0.433. The molecule has 0 bridgehead atoms. The molecule has 1 unspecified atom stereocenters. The molecule has 40 heavy (non-hydrogen) atoms. The molecule has 1 aromatic heterocycles.